The molecule has 2 aromatic carbocycles. The van der Waals surface area contributed by atoms with E-state index in [4.69, 9.17) is 4.98 Å². The first-order chi connectivity index (χ1) is 14.0. The van der Waals surface area contributed by atoms with Gasteiger partial charge in [-0.25, -0.2) is 4.98 Å². The first-order valence-corrected chi connectivity index (χ1v) is 9.65. The molecule has 144 valence electrons. The Morgan fingerprint density at radius 1 is 1.07 bits per heavy atom. The second-order valence-electron chi connectivity index (χ2n) is 7.61. The molecule has 3 heterocycles. The molecule has 0 saturated carbocycles. The lowest BCUT2D eigenvalue weighted by Gasteiger charge is -2.29. The predicted octanol–water partition coefficient (Wildman–Crippen LogP) is 2.97. The van der Waals surface area contributed by atoms with E-state index in [0.29, 0.717) is 18.5 Å². The third-order valence-corrected chi connectivity index (χ3v) is 5.74. The molecule has 1 atom stereocenters. The zero-order valence-corrected chi connectivity index (χ0v) is 15.9. The summed E-state index contributed by atoms with van der Waals surface area (Å²) < 4.78 is 0. The highest BCUT2D eigenvalue weighted by Gasteiger charge is 2.39. The van der Waals surface area contributed by atoms with E-state index in [1.54, 1.807) is 4.90 Å². The number of amides is 3. The molecule has 1 fully saturated rings. The number of imide groups is 1. The Morgan fingerprint density at radius 3 is 2.72 bits per heavy atom. The molecule has 0 radical (unpaired) electrons. The summed E-state index contributed by atoms with van der Waals surface area (Å²) in [5.41, 5.74) is 5.36. The predicted molar refractivity (Wildman–Crippen MR) is 108 cm³/mol. The number of aromatic nitrogens is 1. The van der Waals surface area contributed by atoms with Crippen molar-refractivity contribution in [2.75, 3.05) is 0 Å². The fraction of sp³-hybridized carbons (Fsp3) is 0.217. The smallest absolute Gasteiger partial charge is 0.255 e. The lowest BCUT2D eigenvalue weighted by molar-refractivity contribution is -0.136. The minimum atomic E-state index is -0.600. The standard InChI is InChI=1S/C23H19N3O3/c1-13-10-19(24-18-5-3-2-4-16(13)18)14-6-7-17-15(11-14)12-26(23(17)29)20-8-9-21(27)25-22(20)28/h2-7,10-11,20H,8-9,12H2,1H3,(H,25,27,28). The number of piperidine rings is 1. The van der Waals surface area contributed by atoms with Crippen molar-refractivity contribution < 1.29 is 14.4 Å². The van der Waals surface area contributed by atoms with Gasteiger partial charge in [0, 0.05) is 29.5 Å². The maximum atomic E-state index is 12.8. The minimum absolute atomic E-state index is 0.163. The first-order valence-electron chi connectivity index (χ1n) is 9.65. The van der Waals surface area contributed by atoms with Crippen LogP contribution in [0.2, 0.25) is 0 Å². The van der Waals surface area contributed by atoms with Crippen LogP contribution in [0.4, 0.5) is 0 Å². The number of carbonyl (C=O) groups excluding carboxylic acids is 3. The average molecular weight is 385 g/mol. The molecule has 3 amide bonds. The van der Waals surface area contributed by atoms with Crippen molar-refractivity contribution in [3.05, 3.63) is 65.2 Å². The van der Waals surface area contributed by atoms with Crippen molar-refractivity contribution in [2.24, 2.45) is 0 Å². The van der Waals surface area contributed by atoms with Gasteiger partial charge in [-0.05, 0) is 48.7 Å². The van der Waals surface area contributed by atoms with Crippen molar-refractivity contribution >= 4 is 28.6 Å². The van der Waals surface area contributed by atoms with Gasteiger partial charge < -0.3 is 4.90 Å². The maximum absolute atomic E-state index is 12.8. The average Bonchev–Trinajstić information content (AvgIpc) is 3.04. The third-order valence-electron chi connectivity index (χ3n) is 5.74. The number of pyridine rings is 1. The van der Waals surface area contributed by atoms with Gasteiger partial charge in [0.1, 0.15) is 6.04 Å². The zero-order chi connectivity index (χ0) is 20.1. The molecule has 0 spiro atoms. The quantitative estimate of drug-likeness (QED) is 0.688. The topological polar surface area (TPSA) is 79.4 Å². The molecule has 1 N–H and O–H groups in total. The summed E-state index contributed by atoms with van der Waals surface area (Å²) in [5, 5.41) is 3.45. The Bertz CT molecular complexity index is 1200. The second-order valence-corrected chi connectivity index (χ2v) is 7.61. The molecule has 5 rings (SSSR count). The molecular weight excluding hydrogens is 366 g/mol. The van der Waals surface area contributed by atoms with Crippen molar-refractivity contribution in [1.29, 1.82) is 0 Å². The van der Waals surface area contributed by atoms with Gasteiger partial charge in [0.25, 0.3) is 5.91 Å². The van der Waals surface area contributed by atoms with E-state index in [1.807, 2.05) is 36.4 Å². The molecule has 0 aliphatic carbocycles. The fourth-order valence-corrected chi connectivity index (χ4v) is 4.23. The molecule has 1 aromatic heterocycles. The van der Waals surface area contributed by atoms with Crippen LogP contribution in [0.3, 0.4) is 0 Å². The molecule has 29 heavy (non-hydrogen) atoms. The van der Waals surface area contributed by atoms with Crippen molar-refractivity contribution in [2.45, 2.75) is 32.4 Å². The Kier molecular flexibility index (Phi) is 3.94. The lowest BCUT2D eigenvalue weighted by atomic mass is 10.0. The normalized spacial score (nSPS) is 18.9. The van der Waals surface area contributed by atoms with Crippen LogP contribution in [0, 0.1) is 6.92 Å². The van der Waals surface area contributed by atoms with Gasteiger partial charge in [0.2, 0.25) is 11.8 Å². The van der Waals surface area contributed by atoms with Crippen LogP contribution in [0.5, 0.6) is 0 Å². The van der Waals surface area contributed by atoms with E-state index in [0.717, 1.165) is 33.3 Å². The molecule has 2 aliphatic rings. The summed E-state index contributed by atoms with van der Waals surface area (Å²) >= 11 is 0. The summed E-state index contributed by atoms with van der Waals surface area (Å²) in [6.45, 7) is 2.43. The van der Waals surface area contributed by atoms with Gasteiger partial charge in [0.05, 0.1) is 11.2 Å². The van der Waals surface area contributed by atoms with Crippen LogP contribution < -0.4 is 5.32 Å². The van der Waals surface area contributed by atoms with Gasteiger partial charge >= 0.3 is 0 Å². The summed E-state index contributed by atoms with van der Waals surface area (Å²) in [6, 6.07) is 15.2. The Labute approximate surface area is 167 Å². The molecule has 3 aromatic rings. The van der Waals surface area contributed by atoms with E-state index in [2.05, 4.69) is 24.4 Å². The van der Waals surface area contributed by atoms with E-state index in [9.17, 15) is 14.4 Å². The third kappa shape index (κ3) is 2.88. The molecule has 0 bridgehead atoms. The number of carbonyl (C=O) groups is 3. The van der Waals surface area contributed by atoms with Crippen LogP contribution in [0.15, 0.2) is 48.5 Å². The van der Waals surface area contributed by atoms with Gasteiger partial charge in [-0.3, -0.25) is 19.7 Å². The van der Waals surface area contributed by atoms with E-state index < -0.39 is 11.9 Å². The summed E-state index contributed by atoms with van der Waals surface area (Å²) in [5.74, 6) is -0.839. The van der Waals surface area contributed by atoms with Crippen molar-refractivity contribution in [3.8, 4) is 11.3 Å². The molecule has 2 aliphatic heterocycles. The van der Waals surface area contributed by atoms with E-state index >= 15 is 0 Å². The van der Waals surface area contributed by atoms with E-state index in [1.165, 1.54) is 0 Å². The number of rotatable bonds is 2. The highest BCUT2D eigenvalue weighted by molar-refractivity contribution is 6.05. The number of para-hydroxylation sites is 1. The number of nitrogens with zero attached hydrogens (tertiary/aromatic N) is 2. The summed E-state index contributed by atoms with van der Waals surface area (Å²) in [6.07, 6.45) is 0.616. The van der Waals surface area contributed by atoms with E-state index in [-0.39, 0.29) is 18.2 Å². The number of nitrogens with one attached hydrogen (secondary N) is 1. The fourth-order valence-electron chi connectivity index (χ4n) is 4.23. The number of hydrogen-bond donors (Lipinski definition) is 1. The number of hydrogen-bond acceptors (Lipinski definition) is 4. The van der Waals surface area contributed by atoms with Gasteiger partial charge in [0.15, 0.2) is 0 Å². The van der Waals surface area contributed by atoms with Crippen LogP contribution >= 0.6 is 0 Å². The first kappa shape index (κ1) is 17.6. The number of aryl methyl sites for hydroxylation is 1. The number of fused-ring (bicyclic) bond motifs is 2. The molecule has 1 saturated heterocycles. The largest absolute Gasteiger partial charge is 0.322 e. The van der Waals surface area contributed by atoms with Crippen molar-refractivity contribution in [3.63, 3.8) is 0 Å². The van der Waals surface area contributed by atoms with Gasteiger partial charge in [-0.1, -0.05) is 24.3 Å². The second kappa shape index (κ2) is 6.51. The van der Waals surface area contributed by atoms with Gasteiger partial charge in [-0.15, -0.1) is 0 Å². The van der Waals surface area contributed by atoms with Crippen LogP contribution in [0.25, 0.3) is 22.2 Å². The highest BCUT2D eigenvalue weighted by Crippen LogP contribution is 2.32. The van der Waals surface area contributed by atoms with Crippen molar-refractivity contribution in [1.82, 2.24) is 15.2 Å². The molecular formula is C23H19N3O3. The molecule has 1 unspecified atom stereocenters. The van der Waals surface area contributed by atoms with Crippen LogP contribution in [-0.2, 0) is 16.1 Å². The maximum Gasteiger partial charge on any atom is 0.255 e. The minimum Gasteiger partial charge on any atom is -0.322 e. The van der Waals surface area contributed by atoms with Crippen LogP contribution in [-0.4, -0.2) is 33.6 Å². The Morgan fingerprint density at radius 2 is 1.90 bits per heavy atom. The SMILES string of the molecule is Cc1cc(-c2ccc3c(c2)CN(C2CCC(=O)NC2=O)C3=O)nc2ccccc12. The number of benzene rings is 2. The zero-order valence-electron chi connectivity index (χ0n) is 15.9. The van der Waals surface area contributed by atoms with Crippen LogP contribution in [0.1, 0.15) is 34.3 Å². The molecule has 6 nitrogen and oxygen atoms in total. The monoisotopic (exact) mass is 385 g/mol. The lowest BCUT2D eigenvalue weighted by Crippen LogP contribution is -2.52. The highest BCUT2D eigenvalue weighted by atomic mass is 16.2. The Hall–Kier alpha value is -3.54. The Balaban J connectivity index is 1.49. The summed E-state index contributed by atoms with van der Waals surface area (Å²) in [4.78, 5) is 42.8. The molecule has 6 heteroatoms. The summed E-state index contributed by atoms with van der Waals surface area (Å²) in [7, 11) is 0. The van der Waals surface area contributed by atoms with Gasteiger partial charge in [-0.2, -0.15) is 0 Å².